The summed E-state index contributed by atoms with van der Waals surface area (Å²) in [5.74, 6) is 1.87. The Morgan fingerprint density at radius 2 is 2.39 bits per heavy atom. The van der Waals surface area contributed by atoms with E-state index in [1.54, 1.807) is 0 Å². The molecular formula is C14H25N3O. The summed E-state index contributed by atoms with van der Waals surface area (Å²) in [6.07, 6.45) is 8.84. The third-order valence-corrected chi connectivity index (χ3v) is 3.64. The molecule has 1 aliphatic carbocycles. The Labute approximate surface area is 110 Å². The van der Waals surface area contributed by atoms with Gasteiger partial charge in [0.15, 0.2) is 0 Å². The van der Waals surface area contributed by atoms with Crippen LogP contribution in [0.25, 0.3) is 0 Å². The molecule has 2 atom stereocenters. The fraction of sp³-hybridized carbons (Fsp3) is 0.786. The van der Waals surface area contributed by atoms with Crippen molar-refractivity contribution in [2.24, 2.45) is 5.92 Å². The predicted molar refractivity (Wildman–Crippen MR) is 73.8 cm³/mol. The van der Waals surface area contributed by atoms with Crippen molar-refractivity contribution in [1.82, 2.24) is 9.55 Å². The molecule has 0 radical (unpaired) electrons. The third-order valence-electron chi connectivity index (χ3n) is 3.64. The number of ether oxygens (including phenoxy) is 1. The molecule has 1 N–H and O–H groups in total. The average molecular weight is 251 g/mol. The second-order valence-electron chi connectivity index (χ2n) is 5.25. The highest BCUT2D eigenvalue weighted by molar-refractivity contribution is 5.28. The second kappa shape index (κ2) is 6.78. The Morgan fingerprint density at radius 1 is 1.50 bits per heavy atom. The van der Waals surface area contributed by atoms with E-state index in [0.29, 0.717) is 6.04 Å². The standard InChI is InChI=1S/C14H25N3O/c1-3-18-10-4-8-17-9-7-15-14(17)16-13-6-5-12(2)11-13/h7,9,12-13H,3-6,8,10-11H2,1-2H3,(H,15,16). The number of hydrogen-bond donors (Lipinski definition) is 1. The van der Waals surface area contributed by atoms with Crippen LogP contribution in [0.4, 0.5) is 5.95 Å². The molecule has 102 valence electrons. The van der Waals surface area contributed by atoms with Gasteiger partial charge in [-0.3, -0.25) is 0 Å². The predicted octanol–water partition coefficient (Wildman–Crippen LogP) is 2.91. The molecule has 0 saturated heterocycles. The number of hydrogen-bond acceptors (Lipinski definition) is 3. The van der Waals surface area contributed by atoms with Crippen molar-refractivity contribution in [3.63, 3.8) is 0 Å². The molecule has 0 amide bonds. The molecule has 1 aromatic rings. The van der Waals surface area contributed by atoms with Gasteiger partial charge in [0.1, 0.15) is 0 Å². The van der Waals surface area contributed by atoms with Crippen LogP contribution in [-0.4, -0.2) is 28.8 Å². The molecule has 1 aliphatic rings. The Bertz CT molecular complexity index is 351. The first-order valence-electron chi connectivity index (χ1n) is 7.15. The Balaban J connectivity index is 1.79. The van der Waals surface area contributed by atoms with Gasteiger partial charge in [-0.2, -0.15) is 0 Å². The maximum Gasteiger partial charge on any atom is 0.202 e. The lowest BCUT2D eigenvalue weighted by Gasteiger charge is -2.15. The van der Waals surface area contributed by atoms with Crippen molar-refractivity contribution in [3.8, 4) is 0 Å². The lowest BCUT2D eigenvalue weighted by Crippen LogP contribution is -2.19. The topological polar surface area (TPSA) is 39.1 Å². The van der Waals surface area contributed by atoms with Crippen molar-refractivity contribution < 1.29 is 4.74 Å². The molecule has 4 heteroatoms. The van der Waals surface area contributed by atoms with Gasteiger partial charge in [0, 0.05) is 38.2 Å². The quantitative estimate of drug-likeness (QED) is 0.757. The van der Waals surface area contributed by atoms with Crippen LogP contribution in [0.5, 0.6) is 0 Å². The van der Waals surface area contributed by atoms with Crippen LogP contribution in [0.3, 0.4) is 0 Å². The SMILES string of the molecule is CCOCCCn1ccnc1NC1CCC(C)C1. The number of nitrogens with one attached hydrogen (secondary N) is 1. The van der Waals surface area contributed by atoms with Crippen LogP contribution >= 0.6 is 0 Å². The fourth-order valence-electron chi connectivity index (χ4n) is 2.63. The molecule has 4 nitrogen and oxygen atoms in total. The van der Waals surface area contributed by atoms with E-state index >= 15 is 0 Å². The summed E-state index contributed by atoms with van der Waals surface area (Å²) in [5, 5.41) is 3.57. The van der Waals surface area contributed by atoms with Crippen LogP contribution in [0.1, 0.15) is 39.5 Å². The number of aryl methyl sites for hydroxylation is 1. The first-order valence-corrected chi connectivity index (χ1v) is 7.15. The van der Waals surface area contributed by atoms with E-state index in [9.17, 15) is 0 Å². The Kier molecular flexibility index (Phi) is 5.05. The van der Waals surface area contributed by atoms with E-state index in [4.69, 9.17) is 4.74 Å². The van der Waals surface area contributed by atoms with Crippen LogP contribution in [0.15, 0.2) is 12.4 Å². The van der Waals surface area contributed by atoms with Gasteiger partial charge in [-0.15, -0.1) is 0 Å². The highest BCUT2D eigenvalue weighted by atomic mass is 16.5. The van der Waals surface area contributed by atoms with Crippen LogP contribution in [0, 0.1) is 5.92 Å². The molecule has 0 spiro atoms. The zero-order chi connectivity index (χ0) is 12.8. The van der Waals surface area contributed by atoms with Crippen LogP contribution in [0.2, 0.25) is 0 Å². The van der Waals surface area contributed by atoms with E-state index < -0.39 is 0 Å². The van der Waals surface area contributed by atoms with Gasteiger partial charge in [0.05, 0.1) is 0 Å². The fourth-order valence-corrected chi connectivity index (χ4v) is 2.63. The van der Waals surface area contributed by atoms with E-state index in [-0.39, 0.29) is 0 Å². The largest absolute Gasteiger partial charge is 0.382 e. The van der Waals surface area contributed by atoms with Crippen molar-refractivity contribution >= 4 is 5.95 Å². The summed E-state index contributed by atoms with van der Waals surface area (Å²) >= 11 is 0. The molecule has 0 aliphatic heterocycles. The number of nitrogens with zero attached hydrogens (tertiary/aromatic N) is 2. The summed E-state index contributed by atoms with van der Waals surface area (Å²) in [4.78, 5) is 4.41. The molecule has 0 bridgehead atoms. The number of anilines is 1. The van der Waals surface area contributed by atoms with Gasteiger partial charge in [0.2, 0.25) is 5.95 Å². The summed E-state index contributed by atoms with van der Waals surface area (Å²) in [5.41, 5.74) is 0. The van der Waals surface area contributed by atoms with E-state index in [2.05, 4.69) is 21.8 Å². The molecule has 1 fully saturated rings. The van der Waals surface area contributed by atoms with Crippen molar-refractivity contribution in [3.05, 3.63) is 12.4 Å². The minimum Gasteiger partial charge on any atom is -0.382 e. The van der Waals surface area contributed by atoms with Gasteiger partial charge >= 0.3 is 0 Å². The zero-order valence-electron chi connectivity index (χ0n) is 11.6. The molecular weight excluding hydrogens is 226 g/mol. The van der Waals surface area contributed by atoms with E-state index in [1.807, 2.05) is 19.3 Å². The monoisotopic (exact) mass is 251 g/mol. The Morgan fingerprint density at radius 3 is 3.11 bits per heavy atom. The van der Waals surface area contributed by atoms with Gasteiger partial charge in [-0.1, -0.05) is 6.92 Å². The minimum absolute atomic E-state index is 0.605. The molecule has 0 aromatic carbocycles. The second-order valence-corrected chi connectivity index (χ2v) is 5.25. The maximum absolute atomic E-state index is 5.37. The molecule has 1 saturated carbocycles. The van der Waals surface area contributed by atoms with E-state index in [1.165, 1.54) is 19.3 Å². The van der Waals surface area contributed by atoms with Crippen LogP contribution in [-0.2, 0) is 11.3 Å². The lowest BCUT2D eigenvalue weighted by molar-refractivity contribution is 0.142. The number of imidazole rings is 1. The Hall–Kier alpha value is -1.03. The van der Waals surface area contributed by atoms with E-state index in [0.717, 1.165) is 38.0 Å². The zero-order valence-corrected chi connectivity index (χ0v) is 11.6. The smallest absolute Gasteiger partial charge is 0.202 e. The van der Waals surface area contributed by atoms with Gasteiger partial charge < -0.3 is 14.6 Å². The molecule has 2 unspecified atom stereocenters. The first-order chi connectivity index (χ1) is 8.79. The highest BCUT2D eigenvalue weighted by Crippen LogP contribution is 2.27. The molecule has 1 heterocycles. The molecule has 2 rings (SSSR count). The number of rotatable bonds is 7. The van der Waals surface area contributed by atoms with Crippen molar-refractivity contribution in [2.75, 3.05) is 18.5 Å². The van der Waals surface area contributed by atoms with Gasteiger partial charge in [0.25, 0.3) is 0 Å². The number of aromatic nitrogens is 2. The van der Waals surface area contributed by atoms with Gasteiger partial charge in [-0.05, 0) is 38.5 Å². The summed E-state index contributed by atoms with van der Waals surface area (Å²) in [6.45, 7) is 6.97. The molecule has 18 heavy (non-hydrogen) atoms. The third kappa shape index (κ3) is 3.73. The lowest BCUT2D eigenvalue weighted by atomic mass is 10.1. The normalized spacial score (nSPS) is 23.4. The maximum atomic E-state index is 5.37. The molecule has 1 aromatic heterocycles. The highest BCUT2D eigenvalue weighted by Gasteiger charge is 2.22. The average Bonchev–Trinajstić information content (AvgIpc) is 2.95. The summed E-state index contributed by atoms with van der Waals surface area (Å²) in [6, 6.07) is 0.605. The first kappa shape index (κ1) is 13.4. The van der Waals surface area contributed by atoms with Crippen LogP contribution < -0.4 is 5.32 Å². The van der Waals surface area contributed by atoms with Crippen molar-refractivity contribution in [1.29, 1.82) is 0 Å². The van der Waals surface area contributed by atoms with Crippen molar-refractivity contribution in [2.45, 2.75) is 52.1 Å². The summed E-state index contributed by atoms with van der Waals surface area (Å²) in [7, 11) is 0. The van der Waals surface area contributed by atoms with Gasteiger partial charge in [-0.25, -0.2) is 4.98 Å². The minimum atomic E-state index is 0.605. The summed E-state index contributed by atoms with van der Waals surface area (Å²) < 4.78 is 7.56.